The highest BCUT2D eigenvalue weighted by molar-refractivity contribution is 6.02. The number of hydrogen-bond acceptors (Lipinski definition) is 3. The van der Waals surface area contributed by atoms with E-state index in [0.29, 0.717) is 18.0 Å². The van der Waals surface area contributed by atoms with Crippen molar-refractivity contribution in [2.75, 3.05) is 24.6 Å². The van der Waals surface area contributed by atoms with Crippen molar-refractivity contribution in [2.45, 2.75) is 6.42 Å². The third-order valence-electron chi connectivity index (χ3n) is 4.50. The van der Waals surface area contributed by atoms with Gasteiger partial charge >= 0.3 is 0 Å². The number of anilines is 1. The van der Waals surface area contributed by atoms with Crippen molar-refractivity contribution in [3.63, 3.8) is 0 Å². The summed E-state index contributed by atoms with van der Waals surface area (Å²) in [6, 6.07) is 15.3. The molecule has 1 aliphatic rings. The molecule has 0 spiro atoms. The highest BCUT2D eigenvalue weighted by Gasteiger charge is 2.26. The standard InChI is InChI=1S/C20H19N3O3/c24-19(12-23-17-7-3-4-8-18(17)26-13-20(23)25)21-10-9-14-11-22-16-6-2-1-5-15(14)16/h1-8,11,22H,9-10,12-13H2,(H,21,24). The Kier molecular flexibility index (Phi) is 4.31. The maximum atomic E-state index is 12.3. The van der Waals surface area contributed by atoms with E-state index in [2.05, 4.69) is 16.4 Å². The van der Waals surface area contributed by atoms with Crippen molar-refractivity contribution in [1.29, 1.82) is 0 Å². The summed E-state index contributed by atoms with van der Waals surface area (Å²) in [5.74, 6) is 0.226. The quantitative estimate of drug-likeness (QED) is 0.742. The normalized spacial score (nSPS) is 13.4. The van der Waals surface area contributed by atoms with Gasteiger partial charge in [0.25, 0.3) is 5.91 Å². The summed E-state index contributed by atoms with van der Waals surface area (Å²) in [7, 11) is 0. The number of ether oxygens (including phenoxy) is 1. The van der Waals surface area contributed by atoms with Crippen LogP contribution in [0.3, 0.4) is 0 Å². The van der Waals surface area contributed by atoms with E-state index >= 15 is 0 Å². The lowest BCUT2D eigenvalue weighted by Gasteiger charge is -2.28. The van der Waals surface area contributed by atoms with Crippen LogP contribution in [0.5, 0.6) is 5.75 Å². The third kappa shape index (κ3) is 3.13. The summed E-state index contributed by atoms with van der Waals surface area (Å²) in [6.45, 7) is 0.466. The minimum atomic E-state index is -0.213. The molecule has 0 fully saturated rings. The number of para-hydroxylation sites is 3. The van der Waals surface area contributed by atoms with Crippen LogP contribution in [0.15, 0.2) is 54.7 Å². The average Bonchev–Trinajstić information content (AvgIpc) is 3.07. The van der Waals surface area contributed by atoms with Crippen LogP contribution in [0.4, 0.5) is 5.69 Å². The van der Waals surface area contributed by atoms with Crippen molar-refractivity contribution in [3.05, 3.63) is 60.3 Å². The number of H-pyrrole nitrogens is 1. The van der Waals surface area contributed by atoms with Gasteiger partial charge in [0.15, 0.2) is 6.61 Å². The van der Waals surface area contributed by atoms with Gasteiger partial charge in [0.05, 0.1) is 5.69 Å². The summed E-state index contributed by atoms with van der Waals surface area (Å²) >= 11 is 0. The van der Waals surface area contributed by atoms with E-state index in [1.54, 1.807) is 12.1 Å². The first kappa shape index (κ1) is 16.2. The number of benzene rings is 2. The molecular formula is C20H19N3O3. The Morgan fingerprint density at radius 3 is 2.88 bits per heavy atom. The van der Waals surface area contributed by atoms with Gasteiger partial charge in [0.2, 0.25) is 5.91 Å². The lowest BCUT2D eigenvalue weighted by atomic mass is 10.1. The molecule has 0 bridgehead atoms. The molecule has 6 heteroatoms. The predicted octanol–water partition coefficient (Wildman–Crippen LogP) is 2.25. The smallest absolute Gasteiger partial charge is 0.265 e. The molecule has 2 N–H and O–H groups in total. The lowest BCUT2D eigenvalue weighted by molar-refractivity contribution is -0.125. The summed E-state index contributed by atoms with van der Waals surface area (Å²) in [4.78, 5) is 29.1. The third-order valence-corrected chi connectivity index (χ3v) is 4.50. The second-order valence-electron chi connectivity index (χ2n) is 6.20. The van der Waals surface area contributed by atoms with E-state index in [-0.39, 0.29) is 25.0 Å². The average molecular weight is 349 g/mol. The van der Waals surface area contributed by atoms with Crippen molar-refractivity contribution in [3.8, 4) is 5.75 Å². The number of rotatable bonds is 5. The van der Waals surface area contributed by atoms with Gasteiger partial charge in [-0.1, -0.05) is 30.3 Å². The van der Waals surface area contributed by atoms with Crippen molar-refractivity contribution < 1.29 is 14.3 Å². The van der Waals surface area contributed by atoms with Crippen LogP contribution >= 0.6 is 0 Å². The van der Waals surface area contributed by atoms with E-state index in [0.717, 1.165) is 17.5 Å². The predicted molar refractivity (Wildman–Crippen MR) is 99.3 cm³/mol. The Hall–Kier alpha value is -3.28. The van der Waals surface area contributed by atoms with Crippen molar-refractivity contribution in [2.24, 2.45) is 0 Å². The molecule has 6 nitrogen and oxygen atoms in total. The van der Waals surface area contributed by atoms with Crippen LogP contribution in [-0.4, -0.2) is 36.5 Å². The Morgan fingerprint density at radius 1 is 1.15 bits per heavy atom. The van der Waals surface area contributed by atoms with Gasteiger partial charge in [-0.05, 0) is 30.2 Å². The number of fused-ring (bicyclic) bond motifs is 2. The molecule has 0 saturated heterocycles. The molecule has 0 atom stereocenters. The minimum Gasteiger partial charge on any atom is -0.482 e. The second-order valence-corrected chi connectivity index (χ2v) is 6.20. The van der Waals surface area contributed by atoms with Gasteiger partial charge in [0, 0.05) is 23.6 Å². The Balaban J connectivity index is 1.36. The first-order chi connectivity index (χ1) is 12.7. The van der Waals surface area contributed by atoms with Gasteiger partial charge in [-0.15, -0.1) is 0 Å². The maximum Gasteiger partial charge on any atom is 0.265 e. The number of amides is 2. The molecule has 1 aliphatic heterocycles. The molecular weight excluding hydrogens is 330 g/mol. The van der Waals surface area contributed by atoms with Crippen LogP contribution in [0, 0.1) is 0 Å². The fraction of sp³-hybridized carbons (Fsp3) is 0.200. The highest BCUT2D eigenvalue weighted by Crippen LogP contribution is 2.31. The molecule has 0 aliphatic carbocycles. The molecule has 0 saturated carbocycles. The van der Waals surface area contributed by atoms with Gasteiger partial charge in [0.1, 0.15) is 12.3 Å². The zero-order valence-corrected chi connectivity index (χ0v) is 14.2. The largest absolute Gasteiger partial charge is 0.482 e. The minimum absolute atomic E-state index is 0.00685. The van der Waals surface area contributed by atoms with Crippen LogP contribution in [0.25, 0.3) is 10.9 Å². The summed E-state index contributed by atoms with van der Waals surface area (Å²) < 4.78 is 5.39. The van der Waals surface area contributed by atoms with Crippen LogP contribution in [0.2, 0.25) is 0 Å². The van der Waals surface area contributed by atoms with E-state index in [4.69, 9.17) is 4.74 Å². The Bertz CT molecular complexity index is 964. The molecule has 4 rings (SSSR count). The van der Waals surface area contributed by atoms with Gasteiger partial charge < -0.3 is 15.0 Å². The zero-order valence-electron chi connectivity index (χ0n) is 14.2. The monoisotopic (exact) mass is 349 g/mol. The zero-order chi connectivity index (χ0) is 17.9. The van der Waals surface area contributed by atoms with Gasteiger partial charge in [-0.2, -0.15) is 0 Å². The summed E-state index contributed by atoms with van der Waals surface area (Å²) in [6.07, 6.45) is 2.70. The SMILES string of the molecule is O=C(CN1C(=O)COc2ccccc21)NCCc1c[nH]c2ccccc12. The molecule has 26 heavy (non-hydrogen) atoms. The van der Waals surface area contributed by atoms with E-state index in [1.807, 2.05) is 36.5 Å². The Labute approximate surface area is 150 Å². The topological polar surface area (TPSA) is 74.4 Å². The molecule has 1 aromatic heterocycles. The van der Waals surface area contributed by atoms with Crippen molar-refractivity contribution in [1.82, 2.24) is 10.3 Å². The highest BCUT2D eigenvalue weighted by atomic mass is 16.5. The number of hydrogen-bond donors (Lipinski definition) is 2. The lowest BCUT2D eigenvalue weighted by Crippen LogP contribution is -2.45. The van der Waals surface area contributed by atoms with Crippen LogP contribution < -0.4 is 15.0 Å². The number of nitrogens with one attached hydrogen (secondary N) is 2. The Morgan fingerprint density at radius 2 is 1.96 bits per heavy atom. The number of carbonyl (C=O) groups is 2. The molecule has 0 unspecified atom stereocenters. The molecule has 2 heterocycles. The van der Waals surface area contributed by atoms with E-state index in [9.17, 15) is 9.59 Å². The molecule has 3 aromatic rings. The summed E-state index contributed by atoms with van der Waals surface area (Å²) in [5.41, 5.74) is 2.88. The first-order valence-electron chi connectivity index (χ1n) is 8.56. The molecule has 0 radical (unpaired) electrons. The number of carbonyl (C=O) groups excluding carboxylic acids is 2. The van der Waals surface area contributed by atoms with Gasteiger partial charge in [-0.3, -0.25) is 14.5 Å². The molecule has 2 aromatic carbocycles. The fourth-order valence-corrected chi connectivity index (χ4v) is 3.20. The maximum absolute atomic E-state index is 12.3. The van der Waals surface area contributed by atoms with Crippen molar-refractivity contribution >= 4 is 28.4 Å². The van der Waals surface area contributed by atoms with E-state index < -0.39 is 0 Å². The van der Waals surface area contributed by atoms with E-state index in [1.165, 1.54) is 10.3 Å². The number of aromatic amines is 1. The van der Waals surface area contributed by atoms with Crippen LogP contribution in [0.1, 0.15) is 5.56 Å². The molecule has 2 amide bonds. The fourth-order valence-electron chi connectivity index (χ4n) is 3.20. The van der Waals surface area contributed by atoms with Crippen LogP contribution in [-0.2, 0) is 16.0 Å². The number of nitrogens with zero attached hydrogens (tertiary/aromatic N) is 1. The number of aromatic nitrogens is 1. The van der Waals surface area contributed by atoms with Gasteiger partial charge in [-0.25, -0.2) is 0 Å². The summed E-state index contributed by atoms with van der Waals surface area (Å²) in [5, 5.41) is 4.06. The first-order valence-corrected chi connectivity index (χ1v) is 8.56. The molecule has 132 valence electrons. The second kappa shape index (κ2) is 6.92.